The Kier molecular flexibility index (Phi) is 4.15. The van der Waals surface area contributed by atoms with Crippen molar-refractivity contribution in [3.05, 3.63) is 34.9 Å². The van der Waals surface area contributed by atoms with Crippen LogP contribution in [0.3, 0.4) is 0 Å². The largest absolute Gasteiger partial charge is 0.379 e. The number of benzene rings is 1. The van der Waals surface area contributed by atoms with Crippen molar-refractivity contribution in [2.45, 2.75) is 13.0 Å². The minimum atomic E-state index is -0.103. The molecule has 2 atom stereocenters. The summed E-state index contributed by atoms with van der Waals surface area (Å²) in [5, 5.41) is 3.87. The molecule has 0 saturated carbocycles. The van der Waals surface area contributed by atoms with Gasteiger partial charge in [-0.15, -0.1) is 0 Å². The summed E-state index contributed by atoms with van der Waals surface area (Å²) < 4.78 is 5.38. The molecule has 2 unspecified atom stereocenters. The van der Waals surface area contributed by atoms with Crippen LogP contribution in [0.1, 0.15) is 17.3 Å². The highest BCUT2D eigenvalue weighted by Crippen LogP contribution is 2.21. The molecule has 3 nitrogen and oxygen atoms in total. The fourth-order valence-electron chi connectivity index (χ4n) is 2.13. The number of nitrogens with one attached hydrogen (secondary N) is 1. The van der Waals surface area contributed by atoms with Crippen molar-refractivity contribution in [1.29, 1.82) is 0 Å². The van der Waals surface area contributed by atoms with Gasteiger partial charge in [-0.05, 0) is 18.7 Å². The normalized spacial score (nSPS) is 23.9. The molecule has 2 rings (SSSR count). The predicted molar refractivity (Wildman–Crippen MR) is 67.6 cm³/mol. The molecule has 4 heteroatoms. The summed E-state index contributed by atoms with van der Waals surface area (Å²) in [5.74, 6) is 0.00404. The molecule has 1 aromatic carbocycles. The molecular weight excluding hydrogens is 238 g/mol. The Bertz CT molecular complexity index is 408. The second kappa shape index (κ2) is 5.63. The second-order valence-electron chi connectivity index (χ2n) is 4.18. The predicted octanol–water partition coefficient (Wildman–Crippen LogP) is 2.15. The van der Waals surface area contributed by atoms with Gasteiger partial charge in [0.2, 0.25) is 0 Å². The highest BCUT2D eigenvalue weighted by molar-refractivity contribution is 6.31. The lowest BCUT2D eigenvalue weighted by atomic mass is 9.93. The number of ketones is 1. The topological polar surface area (TPSA) is 38.3 Å². The molecule has 1 aliphatic heterocycles. The summed E-state index contributed by atoms with van der Waals surface area (Å²) >= 11 is 5.89. The van der Waals surface area contributed by atoms with Crippen molar-refractivity contribution >= 4 is 17.4 Å². The summed E-state index contributed by atoms with van der Waals surface area (Å²) in [6.07, 6.45) is 0. The first kappa shape index (κ1) is 12.6. The Morgan fingerprint density at radius 3 is 3.06 bits per heavy atom. The lowest BCUT2D eigenvalue weighted by molar-refractivity contribution is 0.0891. The number of carbonyl (C=O) groups excluding carboxylic acids is 1. The molecule has 1 fully saturated rings. The molecule has 0 amide bonds. The lowest BCUT2D eigenvalue weighted by Gasteiger charge is -2.17. The number of hydrogen-bond donors (Lipinski definition) is 1. The van der Waals surface area contributed by atoms with Crippen molar-refractivity contribution in [2.75, 3.05) is 19.8 Å². The van der Waals surface area contributed by atoms with Gasteiger partial charge in [0.1, 0.15) is 0 Å². The van der Waals surface area contributed by atoms with E-state index in [1.807, 2.05) is 6.92 Å². The second-order valence-corrected chi connectivity index (χ2v) is 4.62. The van der Waals surface area contributed by atoms with Crippen LogP contribution in [0, 0.1) is 5.92 Å². The molecule has 0 bridgehead atoms. The van der Waals surface area contributed by atoms with Gasteiger partial charge in [0.05, 0.1) is 19.1 Å². The van der Waals surface area contributed by atoms with Crippen molar-refractivity contribution in [3.8, 4) is 0 Å². The van der Waals surface area contributed by atoms with E-state index >= 15 is 0 Å². The van der Waals surface area contributed by atoms with Gasteiger partial charge in [-0.3, -0.25) is 4.79 Å². The first-order chi connectivity index (χ1) is 8.22. The summed E-state index contributed by atoms with van der Waals surface area (Å²) in [4.78, 5) is 12.3. The van der Waals surface area contributed by atoms with Gasteiger partial charge >= 0.3 is 0 Å². The first-order valence-corrected chi connectivity index (χ1v) is 6.21. The molecule has 1 heterocycles. The lowest BCUT2D eigenvalue weighted by Crippen LogP contribution is -2.39. The average molecular weight is 254 g/mol. The quantitative estimate of drug-likeness (QED) is 0.836. The van der Waals surface area contributed by atoms with Crippen LogP contribution in [0.5, 0.6) is 0 Å². The molecular formula is C13H16ClNO2. The molecule has 1 aromatic rings. The van der Waals surface area contributed by atoms with Gasteiger partial charge in [-0.25, -0.2) is 0 Å². The molecule has 0 spiro atoms. The molecule has 92 valence electrons. The van der Waals surface area contributed by atoms with E-state index in [4.69, 9.17) is 16.3 Å². The van der Waals surface area contributed by atoms with Crippen LogP contribution in [0.4, 0.5) is 0 Å². The van der Waals surface area contributed by atoms with Gasteiger partial charge in [0, 0.05) is 16.6 Å². The molecule has 0 aliphatic carbocycles. The van der Waals surface area contributed by atoms with E-state index in [1.54, 1.807) is 24.3 Å². The van der Waals surface area contributed by atoms with Crippen LogP contribution in [0.15, 0.2) is 24.3 Å². The molecule has 1 N–H and O–H groups in total. The van der Waals surface area contributed by atoms with E-state index in [2.05, 4.69) is 5.32 Å². The maximum absolute atomic E-state index is 12.3. The smallest absolute Gasteiger partial charge is 0.169 e. The van der Waals surface area contributed by atoms with Crippen LogP contribution in [-0.2, 0) is 4.74 Å². The monoisotopic (exact) mass is 253 g/mol. The van der Waals surface area contributed by atoms with E-state index in [1.165, 1.54) is 0 Å². The highest BCUT2D eigenvalue weighted by atomic mass is 35.5. The SMILES string of the molecule is CCNC1COCC1C(=O)c1cccc(Cl)c1. The molecule has 1 saturated heterocycles. The van der Waals surface area contributed by atoms with Gasteiger partial charge in [0.15, 0.2) is 5.78 Å². The third-order valence-corrected chi connectivity index (χ3v) is 3.23. The summed E-state index contributed by atoms with van der Waals surface area (Å²) in [5.41, 5.74) is 0.663. The number of carbonyl (C=O) groups is 1. The van der Waals surface area contributed by atoms with E-state index in [9.17, 15) is 4.79 Å². The van der Waals surface area contributed by atoms with E-state index < -0.39 is 0 Å². The maximum atomic E-state index is 12.3. The zero-order chi connectivity index (χ0) is 12.3. The number of hydrogen-bond acceptors (Lipinski definition) is 3. The minimum absolute atomic E-state index is 0.103. The Morgan fingerprint density at radius 2 is 2.35 bits per heavy atom. The Balaban J connectivity index is 2.14. The zero-order valence-electron chi connectivity index (χ0n) is 9.78. The molecule has 0 aromatic heterocycles. The summed E-state index contributed by atoms with van der Waals surface area (Å²) in [7, 11) is 0. The van der Waals surface area contributed by atoms with Gasteiger partial charge in [0.25, 0.3) is 0 Å². The van der Waals surface area contributed by atoms with Crippen LogP contribution in [0.2, 0.25) is 5.02 Å². The number of halogens is 1. The van der Waals surface area contributed by atoms with Crippen LogP contribution in [0.25, 0.3) is 0 Å². The fraction of sp³-hybridized carbons (Fsp3) is 0.462. The third kappa shape index (κ3) is 2.86. The number of rotatable bonds is 4. The number of ether oxygens (including phenoxy) is 1. The van der Waals surface area contributed by atoms with Crippen molar-refractivity contribution < 1.29 is 9.53 Å². The van der Waals surface area contributed by atoms with Gasteiger partial charge in [-0.1, -0.05) is 30.7 Å². The first-order valence-electron chi connectivity index (χ1n) is 5.83. The molecule has 0 radical (unpaired) electrons. The summed E-state index contributed by atoms with van der Waals surface area (Å²) in [6.45, 7) is 3.96. The molecule has 17 heavy (non-hydrogen) atoms. The Morgan fingerprint density at radius 1 is 1.53 bits per heavy atom. The van der Waals surface area contributed by atoms with Crippen LogP contribution >= 0.6 is 11.6 Å². The van der Waals surface area contributed by atoms with Gasteiger partial charge in [-0.2, -0.15) is 0 Å². The zero-order valence-corrected chi connectivity index (χ0v) is 10.5. The number of likely N-dealkylation sites (N-methyl/N-ethyl adjacent to an activating group) is 1. The highest BCUT2D eigenvalue weighted by Gasteiger charge is 2.33. The van der Waals surface area contributed by atoms with Gasteiger partial charge < -0.3 is 10.1 Å². The van der Waals surface area contributed by atoms with E-state index in [0.717, 1.165) is 6.54 Å². The van der Waals surface area contributed by atoms with Crippen LogP contribution < -0.4 is 5.32 Å². The van der Waals surface area contributed by atoms with E-state index in [0.29, 0.717) is 23.8 Å². The van der Waals surface area contributed by atoms with Crippen molar-refractivity contribution in [2.24, 2.45) is 5.92 Å². The minimum Gasteiger partial charge on any atom is -0.379 e. The summed E-state index contributed by atoms with van der Waals surface area (Å²) in [6, 6.07) is 7.20. The molecule has 1 aliphatic rings. The van der Waals surface area contributed by atoms with Crippen molar-refractivity contribution in [1.82, 2.24) is 5.32 Å². The van der Waals surface area contributed by atoms with E-state index in [-0.39, 0.29) is 17.7 Å². The number of Topliss-reactive ketones (excluding diaryl/α,β-unsaturated/α-hetero) is 1. The maximum Gasteiger partial charge on any atom is 0.169 e. The fourth-order valence-corrected chi connectivity index (χ4v) is 2.32. The van der Waals surface area contributed by atoms with Crippen LogP contribution in [-0.4, -0.2) is 31.6 Å². The third-order valence-electron chi connectivity index (χ3n) is 2.99. The Hall–Kier alpha value is -0.900. The van der Waals surface area contributed by atoms with Crippen molar-refractivity contribution in [3.63, 3.8) is 0 Å². The standard InChI is InChI=1S/C13H16ClNO2/c1-2-15-12-8-17-7-11(12)13(16)9-4-3-5-10(14)6-9/h3-6,11-12,15H,2,7-8H2,1H3. The average Bonchev–Trinajstić information content (AvgIpc) is 2.77. The Labute approximate surface area is 106 Å².